The molecule has 0 saturated carbocycles. The molecule has 3 rings (SSSR count). The highest BCUT2D eigenvalue weighted by Gasteiger charge is 2.28. The van der Waals surface area contributed by atoms with Crippen LogP contribution in [-0.2, 0) is 6.54 Å². The minimum Gasteiger partial charge on any atom is -0.307 e. The lowest BCUT2D eigenvalue weighted by Crippen LogP contribution is -2.39. The van der Waals surface area contributed by atoms with Crippen LogP contribution in [-0.4, -0.2) is 6.03 Å². The van der Waals surface area contributed by atoms with Gasteiger partial charge in [0.2, 0.25) is 0 Å². The first-order chi connectivity index (χ1) is 9.58. The van der Waals surface area contributed by atoms with E-state index in [-0.39, 0.29) is 16.7 Å². The van der Waals surface area contributed by atoms with Crippen LogP contribution in [0.5, 0.6) is 0 Å². The molecule has 0 aromatic heterocycles. The van der Waals surface area contributed by atoms with E-state index < -0.39 is 17.7 Å². The standard InChI is InChI=1S/C14H9BrF2N2O/c15-9-5-6-10(16)13(12(9)17)19-7-8-3-1-2-4-11(8)18-14(19)20/h1-6H,7H2,(H,18,20). The summed E-state index contributed by atoms with van der Waals surface area (Å²) >= 11 is 3.00. The Balaban J connectivity index is 2.09. The van der Waals surface area contributed by atoms with E-state index in [1.807, 2.05) is 6.07 Å². The summed E-state index contributed by atoms with van der Waals surface area (Å²) in [5.41, 5.74) is 1.10. The van der Waals surface area contributed by atoms with Crippen LogP contribution in [0.25, 0.3) is 0 Å². The number of hydrogen-bond acceptors (Lipinski definition) is 1. The van der Waals surface area contributed by atoms with E-state index in [1.165, 1.54) is 6.07 Å². The summed E-state index contributed by atoms with van der Waals surface area (Å²) in [4.78, 5) is 13.1. The summed E-state index contributed by atoms with van der Waals surface area (Å²) in [5.74, 6) is -1.57. The Morgan fingerprint density at radius 3 is 2.70 bits per heavy atom. The maximum atomic E-state index is 14.1. The molecule has 6 heteroatoms. The topological polar surface area (TPSA) is 32.3 Å². The Morgan fingerprint density at radius 2 is 1.90 bits per heavy atom. The highest BCUT2D eigenvalue weighted by Crippen LogP contribution is 2.33. The second-order valence-electron chi connectivity index (χ2n) is 4.37. The van der Waals surface area contributed by atoms with Gasteiger partial charge >= 0.3 is 6.03 Å². The quantitative estimate of drug-likeness (QED) is 0.773. The van der Waals surface area contributed by atoms with Gasteiger partial charge in [0, 0.05) is 5.69 Å². The number of urea groups is 1. The molecule has 0 aliphatic carbocycles. The first-order valence-corrected chi connectivity index (χ1v) is 6.67. The Kier molecular flexibility index (Phi) is 3.17. The number of anilines is 2. The fourth-order valence-electron chi connectivity index (χ4n) is 2.15. The van der Waals surface area contributed by atoms with E-state index in [2.05, 4.69) is 21.2 Å². The zero-order valence-electron chi connectivity index (χ0n) is 10.2. The molecule has 0 bridgehead atoms. The number of fused-ring (bicyclic) bond motifs is 1. The molecule has 2 aromatic rings. The maximum absolute atomic E-state index is 14.1. The van der Waals surface area contributed by atoms with Crippen molar-refractivity contribution in [3.63, 3.8) is 0 Å². The van der Waals surface area contributed by atoms with Crippen molar-refractivity contribution in [2.24, 2.45) is 0 Å². The number of carbonyl (C=O) groups is 1. The van der Waals surface area contributed by atoms with Gasteiger partial charge in [-0.05, 0) is 39.7 Å². The van der Waals surface area contributed by atoms with Crippen LogP contribution in [0.3, 0.4) is 0 Å². The van der Waals surface area contributed by atoms with E-state index in [0.29, 0.717) is 5.69 Å². The minimum absolute atomic E-state index is 0.112. The van der Waals surface area contributed by atoms with Crippen LogP contribution in [0.15, 0.2) is 40.9 Å². The van der Waals surface area contributed by atoms with Gasteiger partial charge in [0.1, 0.15) is 11.5 Å². The Bertz CT molecular complexity index is 706. The number of para-hydroxylation sites is 1. The van der Waals surface area contributed by atoms with Gasteiger partial charge in [-0.15, -0.1) is 0 Å². The smallest absolute Gasteiger partial charge is 0.307 e. The number of nitrogens with one attached hydrogen (secondary N) is 1. The molecule has 1 aliphatic rings. The van der Waals surface area contributed by atoms with Crippen molar-refractivity contribution in [2.75, 3.05) is 10.2 Å². The molecule has 1 aliphatic heterocycles. The summed E-state index contributed by atoms with van der Waals surface area (Å²) in [6.07, 6.45) is 0. The third-order valence-corrected chi connectivity index (χ3v) is 3.73. The molecule has 0 saturated heterocycles. The summed E-state index contributed by atoms with van der Waals surface area (Å²) < 4.78 is 28.1. The molecule has 102 valence electrons. The molecule has 0 fully saturated rings. The van der Waals surface area contributed by atoms with Crippen molar-refractivity contribution in [3.05, 3.63) is 58.1 Å². The fourth-order valence-corrected chi connectivity index (χ4v) is 2.47. The van der Waals surface area contributed by atoms with Crippen LogP contribution >= 0.6 is 15.9 Å². The number of carbonyl (C=O) groups excluding carboxylic acids is 1. The lowest BCUT2D eigenvalue weighted by Gasteiger charge is -2.29. The van der Waals surface area contributed by atoms with Crippen LogP contribution in [0.2, 0.25) is 0 Å². The second kappa shape index (κ2) is 4.86. The fraction of sp³-hybridized carbons (Fsp3) is 0.0714. The molecule has 20 heavy (non-hydrogen) atoms. The monoisotopic (exact) mass is 338 g/mol. The van der Waals surface area contributed by atoms with Crippen molar-refractivity contribution in [1.29, 1.82) is 0 Å². The van der Waals surface area contributed by atoms with Gasteiger partial charge in [-0.3, -0.25) is 4.90 Å². The summed E-state index contributed by atoms with van der Waals surface area (Å²) in [7, 11) is 0. The zero-order chi connectivity index (χ0) is 14.3. The van der Waals surface area contributed by atoms with Crippen molar-refractivity contribution in [1.82, 2.24) is 0 Å². The van der Waals surface area contributed by atoms with Gasteiger partial charge in [0.15, 0.2) is 5.82 Å². The van der Waals surface area contributed by atoms with Gasteiger partial charge in [0.25, 0.3) is 0 Å². The maximum Gasteiger partial charge on any atom is 0.326 e. The average molecular weight is 339 g/mol. The van der Waals surface area contributed by atoms with Crippen LogP contribution in [0.4, 0.5) is 25.0 Å². The Labute approximate surface area is 122 Å². The molecular formula is C14H9BrF2N2O. The molecule has 0 unspecified atom stereocenters. The van der Waals surface area contributed by atoms with Crippen LogP contribution < -0.4 is 10.2 Å². The van der Waals surface area contributed by atoms with Crippen molar-refractivity contribution < 1.29 is 13.6 Å². The first-order valence-electron chi connectivity index (χ1n) is 5.88. The molecule has 2 amide bonds. The summed E-state index contributed by atoms with van der Waals surface area (Å²) in [5, 5.41) is 2.62. The molecular weight excluding hydrogens is 330 g/mol. The van der Waals surface area contributed by atoms with E-state index in [0.717, 1.165) is 16.5 Å². The lowest BCUT2D eigenvalue weighted by atomic mass is 10.1. The molecule has 0 radical (unpaired) electrons. The SMILES string of the molecule is O=C1Nc2ccccc2CN1c1c(F)ccc(Br)c1F. The number of rotatable bonds is 1. The number of amides is 2. The van der Waals surface area contributed by atoms with Crippen molar-refractivity contribution in [2.45, 2.75) is 6.54 Å². The largest absolute Gasteiger partial charge is 0.326 e. The first kappa shape index (κ1) is 13.1. The van der Waals surface area contributed by atoms with Gasteiger partial charge < -0.3 is 5.32 Å². The lowest BCUT2D eigenvalue weighted by molar-refractivity contribution is 0.255. The third kappa shape index (κ3) is 2.06. The van der Waals surface area contributed by atoms with Crippen LogP contribution in [0, 0.1) is 11.6 Å². The average Bonchev–Trinajstić information content (AvgIpc) is 2.44. The van der Waals surface area contributed by atoms with Gasteiger partial charge in [-0.1, -0.05) is 18.2 Å². The Hall–Kier alpha value is -1.95. The second-order valence-corrected chi connectivity index (χ2v) is 5.22. The molecule has 0 spiro atoms. The van der Waals surface area contributed by atoms with Gasteiger partial charge in [-0.2, -0.15) is 0 Å². The van der Waals surface area contributed by atoms with E-state index in [1.54, 1.807) is 18.2 Å². The predicted octanol–water partition coefficient (Wildman–Crippen LogP) is 4.28. The molecule has 1 heterocycles. The zero-order valence-corrected chi connectivity index (χ0v) is 11.7. The normalized spacial score (nSPS) is 13.9. The van der Waals surface area contributed by atoms with Crippen LogP contribution in [0.1, 0.15) is 5.56 Å². The molecule has 1 N–H and O–H groups in total. The van der Waals surface area contributed by atoms with E-state index in [4.69, 9.17) is 0 Å². The molecule has 2 aromatic carbocycles. The summed E-state index contributed by atoms with van der Waals surface area (Å²) in [6.45, 7) is 0.117. The van der Waals surface area contributed by atoms with Crippen molar-refractivity contribution in [3.8, 4) is 0 Å². The number of benzene rings is 2. The summed E-state index contributed by atoms with van der Waals surface area (Å²) in [6, 6.07) is 8.98. The van der Waals surface area contributed by atoms with Gasteiger partial charge in [0.05, 0.1) is 11.0 Å². The van der Waals surface area contributed by atoms with Gasteiger partial charge in [-0.25, -0.2) is 13.6 Å². The number of halogens is 3. The predicted molar refractivity (Wildman–Crippen MR) is 75.7 cm³/mol. The molecule has 3 nitrogen and oxygen atoms in total. The minimum atomic E-state index is -0.792. The highest BCUT2D eigenvalue weighted by atomic mass is 79.9. The highest BCUT2D eigenvalue weighted by molar-refractivity contribution is 9.10. The van der Waals surface area contributed by atoms with Crippen molar-refractivity contribution >= 4 is 33.3 Å². The van der Waals surface area contributed by atoms with E-state index >= 15 is 0 Å². The Morgan fingerprint density at radius 1 is 1.15 bits per heavy atom. The number of nitrogens with zero attached hydrogens (tertiary/aromatic N) is 1. The van der Waals surface area contributed by atoms with E-state index in [9.17, 15) is 13.6 Å². The molecule has 0 atom stereocenters. The third-order valence-electron chi connectivity index (χ3n) is 3.12. The number of hydrogen-bond donors (Lipinski definition) is 1.